The lowest BCUT2D eigenvalue weighted by Crippen LogP contribution is -2.21. The number of aryl methyl sites for hydroxylation is 2. The highest BCUT2D eigenvalue weighted by Crippen LogP contribution is 2.24. The minimum atomic E-state index is 0.660. The highest BCUT2D eigenvalue weighted by Gasteiger charge is 2.05. The van der Waals surface area contributed by atoms with Gasteiger partial charge < -0.3 is 10.1 Å². The van der Waals surface area contributed by atoms with E-state index < -0.39 is 0 Å². The van der Waals surface area contributed by atoms with E-state index in [1.54, 1.807) is 0 Å². The first-order chi connectivity index (χ1) is 8.19. The van der Waals surface area contributed by atoms with Gasteiger partial charge in [-0.2, -0.15) is 5.26 Å². The number of hydrogen-bond donors (Lipinski definition) is 1. The first kappa shape index (κ1) is 13.5. The van der Waals surface area contributed by atoms with Crippen LogP contribution in [0, 0.1) is 25.2 Å². The van der Waals surface area contributed by atoms with Crippen LogP contribution < -0.4 is 10.1 Å². The van der Waals surface area contributed by atoms with Gasteiger partial charge in [0.25, 0.3) is 0 Å². The molecule has 1 aromatic rings. The molecule has 1 rings (SSSR count). The fraction of sp³-hybridized carbons (Fsp3) is 0.500. The molecule has 0 spiro atoms. The molecular formula is C14H20N2O. The average molecular weight is 232 g/mol. The lowest BCUT2D eigenvalue weighted by Gasteiger charge is -2.12. The van der Waals surface area contributed by atoms with Crippen LogP contribution in [0.25, 0.3) is 0 Å². The largest absolute Gasteiger partial charge is 0.492 e. The molecule has 3 heteroatoms. The highest BCUT2D eigenvalue weighted by atomic mass is 16.5. The van der Waals surface area contributed by atoms with Crippen molar-refractivity contribution in [1.82, 2.24) is 5.32 Å². The lowest BCUT2D eigenvalue weighted by atomic mass is 10.1. The molecule has 3 nitrogen and oxygen atoms in total. The van der Waals surface area contributed by atoms with Gasteiger partial charge in [-0.3, -0.25) is 0 Å². The molecule has 0 atom stereocenters. The Kier molecular flexibility index (Phi) is 5.51. The van der Waals surface area contributed by atoms with E-state index in [9.17, 15) is 0 Å². The van der Waals surface area contributed by atoms with Gasteiger partial charge in [-0.25, -0.2) is 0 Å². The van der Waals surface area contributed by atoms with E-state index in [1.165, 1.54) is 0 Å². The van der Waals surface area contributed by atoms with Crippen molar-refractivity contribution in [2.45, 2.75) is 27.2 Å². The van der Waals surface area contributed by atoms with E-state index in [-0.39, 0.29) is 0 Å². The van der Waals surface area contributed by atoms with Crippen molar-refractivity contribution < 1.29 is 4.74 Å². The Balaban J connectivity index is 2.57. The van der Waals surface area contributed by atoms with E-state index >= 15 is 0 Å². The van der Waals surface area contributed by atoms with Crippen LogP contribution in [-0.4, -0.2) is 19.7 Å². The number of ether oxygens (including phenoxy) is 1. The summed E-state index contributed by atoms with van der Waals surface area (Å²) in [5, 5.41) is 12.1. The summed E-state index contributed by atoms with van der Waals surface area (Å²) in [6.07, 6.45) is 1.13. The van der Waals surface area contributed by atoms with Crippen molar-refractivity contribution in [3.63, 3.8) is 0 Å². The van der Waals surface area contributed by atoms with Crippen molar-refractivity contribution in [3.05, 3.63) is 28.8 Å². The Labute approximate surface area is 103 Å². The average Bonchev–Trinajstić information content (AvgIpc) is 2.31. The Morgan fingerprint density at radius 1 is 1.24 bits per heavy atom. The first-order valence-electron chi connectivity index (χ1n) is 6.04. The van der Waals surface area contributed by atoms with Crippen LogP contribution in [0.3, 0.4) is 0 Å². The molecule has 0 amide bonds. The van der Waals surface area contributed by atoms with Gasteiger partial charge in [0.05, 0.1) is 11.6 Å². The third kappa shape index (κ3) is 4.08. The normalized spacial score (nSPS) is 10.0. The second kappa shape index (κ2) is 6.93. The molecule has 0 bridgehead atoms. The van der Waals surface area contributed by atoms with E-state index in [0.29, 0.717) is 12.2 Å². The number of nitrogens with zero attached hydrogens (tertiary/aromatic N) is 1. The molecule has 0 fully saturated rings. The summed E-state index contributed by atoms with van der Waals surface area (Å²) in [5.41, 5.74) is 2.74. The quantitative estimate of drug-likeness (QED) is 0.767. The SMILES string of the molecule is CCCNCCOc1c(C)cc(C#N)cc1C. The van der Waals surface area contributed by atoms with E-state index in [4.69, 9.17) is 10.00 Å². The Hall–Kier alpha value is -1.53. The summed E-state index contributed by atoms with van der Waals surface area (Å²) in [7, 11) is 0. The zero-order valence-electron chi connectivity index (χ0n) is 10.8. The molecule has 0 aliphatic rings. The van der Waals surface area contributed by atoms with Crippen LogP contribution in [-0.2, 0) is 0 Å². The van der Waals surface area contributed by atoms with Crippen molar-refractivity contribution in [2.24, 2.45) is 0 Å². The standard InChI is InChI=1S/C14H20N2O/c1-4-5-16-6-7-17-14-11(2)8-13(10-15)9-12(14)3/h8-9,16H,4-7H2,1-3H3. The Bertz CT molecular complexity index is 384. The van der Waals surface area contributed by atoms with Crippen molar-refractivity contribution in [3.8, 4) is 11.8 Å². The fourth-order valence-corrected chi connectivity index (χ4v) is 1.77. The molecule has 1 aromatic carbocycles. The molecular weight excluding hydrogens is 212 g/mol. The number of benzene rings is 1. The third-order valence-corrected chi connectivity index (χ3v) is 2.54. The smallest absolute Gasteiger partial charge is 0.125 e. The number of nitrogens with one attached hydrogen (secondary N) is 1. The summed E-state index contributed by atoms with van der Waals surface area (Å²) in [6.45, 7) is 8.63. The topological polar surface area (TPSA) is 45.0 Å². The molecule has 0 unspecified atom stereocenters. The van der Waals surface area contributed by atoms with Crippen LogP contribution in [0.1, 0.15) is 30.0 Å². The van der Waals surface area contributed by atoms with Gasteiger partial charge in [-0.1, -0.05) is 6.92 Å². The zero-order chi connectivity index (χ0) is 12.7. The number of rotatable bonds is 6. The van der Waals surface area contributed by atoms with Gasteiger partial charge in [-0.05, 0) is 50.1 Å². The molecule has 0 aliphatic carbocycles. The van der Waals surface area contributed by atoms with Gasteiger partial charge in [0.1, 0.15) is 12.4 Å². The van der Waals surface area contributed by atoms with E-state index in [1.807, 2.05) is 26.0 Å². The molecule has 17 heavy (non-hydrogen) atoms. The van der Waals surface area contributed by atoms with Crippen molar-refractivity contribution >= 4 is 0 Å². The monoisotopic (exact) mass is 232 g/mol. The van der Waals surface area contributed by atoms with Crippen LogP contribution in [0.5, 0.6) is 5.75 Å². The minimum absolute atomic E-state index is 0.660. The van der Waals surface area contributed by atoms with Gasteiger partial charge in [0.15, 0.2) is 0 Å². The van der Waals surface area contributed by atoms with Gasteiger partial charge in [0.2, 0.25) is 0 Å². The zero-order valence-corrected chi connectivity index (χ0v) is 10.8. The molecule has 0 radical (unpaired) electrons. The van der Waals surface area contributed by atoms with Crippen LogP contribution in [0.4, 0.5) is 0 Å². The van der Waals surface area contributed by atoms with E-state index in [0.717, 1.165) is 36.4 Å². The maximum Gasteiger partial charge on any atom is 0.125 e. The maximum absolute atomic E-state index is 8.85. The van der Waals surface area contributed by atoms with Crippen molar-refractivity contribution in [2.75, 3.05) is 19.7 Å². The van der Waals surface area contributed by atoms with Crippen molar-refractivity contribution in [1.29, 1.82) is 5.26 Å². The first-order valence-corrected chi connectivity index (χ1v) is 6.04. The fourth-order valence-electron chi connectivity index (χ4n) is 1.77. The van der Waals surface area contributed by atoms with Crippen LogP contribution >= 0.6 is 0 Å². The predicted octanol–water partition coefficient (Wildman–Crippen LogP) is 2.55. The lowest BCUT2D eigenvalue weighted by molar-refractivity contribution is 0.310. The van der Waals surface area contributed by atoms with Gasteiger partial charge in [-0.15, -0.1) is 0 Å². The number of hydrogen-bond acceptors (Lipinski definition) is 3. The Morgan fingerprint density at radius 2 is 1.88 bits per heavy atom. The Morgan fingerprint density at radius 3 is 2.41 bits per heavy atom. The molecule has 1 N–H and O–H groups in total. The minimum Gasteiger partial charge on any atom is -0.492 e. The number of nitriles is 1. The molecule has 0 aromatic heterocycles. The molecule has 92 valence electrons. The highest BCUT2D eigenvalue weighted by molar-refractivity contribution is 5.47. The molecule has 0 saturated heterocycles. The second-order valence-corrected chi connectivity index (χ2v) is 4.15. The second-order valence-electron chi connectivity index (χ2n) is 4.15. The van der Waals surface area contributed by atoms with Gasteiger partial charge in [0, 0.05) is 6.54 Å². The predicted molar refractivity (Wildman–Crippen MR) is 69.3 cm³/mol. The summed E-state index contributed by atoms with van der Waals surface area (Å²) in [4.78, 5) is 0. The molecule has 0 aliphatic heterocycles. The maximum atomic E-state index is 8.85. The molecule has 0 heterocycles. The van der Waals surface area contributed by atoms with Crippen LogP contribution in [0.2, 0.25) is 0 Å². The summed E-state index contributed by atoms with van der Waals surface area (Å²) in [5.74, 6) is 0.905. The van der Waals surface area contributed by atoms with Gasteiger partial charge >= 0.3 is 0 Å². The summed E-state index contributed by atoms with van der Waals surface area (Å²) >= 11 is 0. The third-order valence-electron chi connectivity index (χ3n) is 2.54. The van der Waals surface area contributed by atoms with E-state index in [2.05, 4.69) is 18.3 Å². The van der Waals surface area contributed by atoms with Crippen LogP contribution in [0.15, 0.2) is 12.1 Å². The summed E-state index contributed by atoms with van der Waals surface area (Å²) < 4.78 is 5.74. The molecule has 0 saturated carbocycles. The summed E-state index contributed by atoms with van der Waals surface area (Å²) in [6, 6.07) is 5.88.